The number of guanidine groups is 1. The quantitative estimate of drug-likeness (QED) is 0.409. The third kappa shape index (κ3) is 4.04. The van der Waals surface area contributed by atoms with E-state index >= 15 is 0 Å². The first-order valence-corrected chi connectivity index (χ1v) is 9.40. The van der Waals surface area contributed by atoms with Gasteiger partial charge in [-0.05, 0) is 19.8 Å². The number of hydrogen-bond acceptors (Lipinski definition) is 4. The summed E-state index contributed by atoms with van der Waals surface area (Å²) in [6.07, 6.45) is 3.74. The Morgan fingerprint density at radius 1 is 1.50 bits per heavy atom. The van der Waals surface area contributed by atoms with Gasteiger partial charge in [-0.2, -0.15) is 0 Å². The van der Waals surface area contributed by atoms with Crippen LogP contribution in [0.15, 0.2) is 10.4 Å². The average Bonchev–Trinajstić information content (AvgIpc) is 2.96. The van der Waals surface area contributed by atoms with Gasteiger partial charge in [-0.15, -0.1) is 35.3 Å². The summed E-state index contributed by atoms with van der Waals surface area (Å²) in [5.74, 6) is 1.50. The van der Waals surface area contributed by atoms with Gasteiger partial charge >= 0.3 is 0 Å². The normalized spacial score (nSPS) is 28.3. The molecule has 1 aliphatic heterocycles. The predicted octanol–water partition coefficient (Wildman–Crippen LogP) is 2.98. The molecule has 24 heavy (non-hydrogen) atoms. The Morgan fingerprint density at radius 3 is 2.96 bits per heavy atom. The SMILES string of the molecule is CN=C(NCCc1csc(C)n1)NC1C2CCCOC2C1(C)C.I. The van der Waals surface area contributed by atoms with Gasteiger partial charge in [-0.25, -0.2) is 4.98 Å². The summed E-state index contributed by atoms with van der Waals surface area (Å²) in [4.78, 5) is 8.89. The van der Waals surface area contributed by atoms with E-state index in [1.807, 2.05) is 14.0 Å². The van der Waals surface area contributed by atoms with E-state index in [1.54, 1.807) is 11.3 Å². The number of aryl methyl sites for hydroxylation is 1. The van der Waals surface area contributed by atoms with E-state index in [1.165, 1.54) is 12.8 Å². The van der Waals surface area contributed by atoms with Crippen molar-refractivity contribution in [3.8, 4) is 0 Å². The molecule has 3 atom stereocenters. The molecule has 7 heteroatoms. The molecule has 3 rings (SSSR count). The van der Waals surface area contributed by atoms with Crippen LogP contribution in [0.1, 0.15) is 37.4 Å². The maximum atomic E-state index is 5.97. The summed E-state index contributed by atoms with van der Waals surface area (Å²) in [7, 11) is 1.84. The average molecular weight is 464 g/mol. The molecule has 2 fully saturated rings. The lowest BCUT2D eigenvalue weighted by molar-refractivity contribution is -0.188. The predicted molar refractivity (Wildman–Crippen MR) is 111 cm³/mol. The van der Waals surface area contributed by atoms with Gasteiger partial charge in [0, 0.05) is 49.4 Å². The van der Waals surface area contributed by atoms with E-state index in [0.717, 1.165) is 36.2 Å². The standard InChI is InChI=1S/C17H28N4OS.HI/c1-11-20-12(10-23-11)7-8-19-16(18-4)21-14-13-6-5-9-22-15(13)17(14,2)3;/h10,13-15H,5-9H2,1-4H3,(H2,18,19,21);1H. The van der Waals surface area contributed by atoms with Gasteiger partial charge in [-0.3, -0.25) is 4.99 Å². The van der Waals surface area contributed by atoms with E-state index < -0.39 is 0 Å². The molecule has 1 aromatic heterocycles. The molecule has 3 unspecified atom stereocenters. The molecule has 2 aliphatic rings. The summed E-state index contributed by atoms with van der Waals surface area (Å²) in [5.41, 5.74) is 1.31. The number of rotatable bonds is 4. The fourth-order valence-electron chi connectivity index (χ4n) is 3.99. The van der Waals surface area contributed by atoms with Crippen LogP contribution in [0.5, 0.6) is 0 Å². The zero-order valence-corrected chi connectivity index (χ0v) is 18.1. The van der Waals surface area contributed by atoms with Crippen LogP contribution in [0, 0.1) is 18.3 Å². The highest BCUT2D eigenvalue weighted by Gasteiger charge is 2.58. The summed E-state index contributed by atoms with van der Waals surface area (Å²) in [6, 6.07) is 0.431. The summed E-state index contributed by atoms with van der Waals surface area (Å²) < 4.78 is 5.97. The fraction of sp³-hybridized carbons (Fsp3) is 0.765. The molecule has 0 bridgehead atoms. The Labute approximate surface area is 166 Å². The Bertz CT molecular complexity index is 575. The van der Waals surface area contributed by atoms with Gasteiger partial charge in [0.1, 0.15) is 0 Å². The van der Waals surface area contributed by atoms with E-state index in [9.17, 15) is 0 Å². The number of aromatic nitrogens is 1. The smallest absolute Gasteiger partial charge is 0.191 e. The molecule has 0 radical (unpaired) electrons. The van der Waals surface area contributed by atoms with Crippen molar-refractivity contribution >= 4 is 41.3 Å². The zero-order chi connectivity index (χ0) is 16.4. The van der Waals surface area contributed by atoms with Crippen LogP contribution >= 0.6 is 35.3 Å². The molecule has 1 saturated carbocycles. The second kappa shape index (κ2) is 8.31. The van der Waals surface area contributed by atoms with Crippen molar-refractivity contribution in [2.45, 2.75) is 52.2 Å². The van der Waals surface area contributed by atoms with Crippen molar-refractivity contribution in [1.82, 2.24) is 15.6 Å². The molecular formula is C17H29IN4OS. The molecule has 1 aromatic rings. The van der Waals surface area contributed by atoms with Gasteiger partial charge in [0.05, 0.1) is 16.8 Å². The third-order valence-corrected chi connectivity index (χ3v) is 6.01. The number of thiazole rings is 1. The van der Waals surface area contributed by atoms with Gasteiger partial charge in [0.2, 0.25) is 0 Å². The number of nitrogens with one attached hydrogen (secondary N) is 2. The highest BCUT2D eigenvalue weighted by Crippen LogP contribution is 2.51. The Morgan fingerprint density at radius 2 is 2.29 bits per heavy atom. The number of hydrogen-bond donors (Lipinski definition) is 2. The van der Waals surface area contributed by atoms with E-state index in [2.05, 4.69) is 39.8 Å². The van der Waals surface area contributed by atoms with Crippen LogP contribution in [-0.2, 0) is 11.2 Å². The largest absolute Gasteiger partial charge is 0.377 e. The number of halogens is 1. The van der Waals surface area contributed by atoms with E-state index in [4.69, 9.17) is 4.74 Å². The molecule has 5 nitrogen and oxygen atoms in total. The molecule has 2 heterocycles. The van der Waals surface area contributed by atoms with E-state index in [0.29, 0.717) is 18.1 Å². The maximum absolute atomic E-state index is 5.97. The van der Waals surface area contributed by atoms with Crippen LogP contribution in [0.2, 0.25) is 0 Å². The second-order valence-electron chi connectivity index (χ2n) is 7.15. The van der Waals surface area contributed by atoms with Crippen LogP contribution in [0.25, 0.3) is 0 Å². The van der Waals surface area contributed by atoms with Crippen molar-refractivity contribution in [3.05, 3.63) is 16.1 Å². The molecule has 0 spiro atoms. The fourth-order valence-corrected chi connectivity index (χ4v) is 4.64. The number of aliphatic imine (C=N–C) groups is 1. The molecular weight excluding hydrogens is 435 g/mol. The maximum Gasteiger partial charge on any atom is 0.191 e. The van der Waals surface area contributed by atoms with Crippen molar-refractivity contribution in [1.29, 1.82) is 0 Å². The lowest BCUT2D eigenvalue weighted by Crippen LogP contribution is -2.71. The van der Waals surface area contributed by atoms with Crippen molar-refractivity contribution < 1.29 is 4.74 Å². The first-order chi connectivity index (χ1) is 11.0. The first-order valence-electron chi connectivity index (χ1n) is 8.52. The molecule has 1 aliphatic carbocycles. The minimum absolute atomic E-state index is 0. The third-order valence-electron chi connectivity index (χ3n) is 5.19. The minimum atomic E-state index is 0. The van der Waals surface area contributed by atoms with Crippen LogP contribution in [0.3, 0.4) is 0 Å². The topological polar surface area (TPSA) is 58.5 Å². The summed E-state index contributed by atoms with van der Waals surface area (Å²) >= 11 is 1.71. The molecule has 2 N–H and O–H groups in total. The molecule has 1 saturated heterocycles. The second-order valence-corrected chi connectivity index (χ2v) is 8.21. The minimum Gasteiger partial charge on any atom is -0.377 e. The first kappa shape index (κ1) is 19.9. The highest BCUT2D eigenvalue weighted by atomic mass is 127. The van der Waals surface area contributed by atoms with Gasteiger partial charge in [0.25, 0.3) is 0 Å². The van der Waals surface area contributed by atoms with Crippen LogP contribution in [-0.4, -0.2) is 43.3 Å². The Hall–Kier alpha value is -0.410. The van der Waals surface area contributed by atoms with Crippen LogP contribution in [0.4, 0.5) is 0 Å². The van der Waals surface area contributed by atoms with Crippen molar-refractivity contribution in [2.75, 3.05) is 20.2 Å². The number of nitrogens with zero attached hydrogens (tertiary/aromatic N) is 2. The lowest BCUT2D eigenvalue weighted by Gasteiger charge is -2.60. The van der Waals surface area contributed by atoms with Crippen molar-refractivity contribution in [2.24, 2.45) is 16.3 Å². The van der Waals surface area contributed by atoms with Gasteiger partial charge < -0.3 is 15.4 Å². The monoisotopic (exact) mass is 464 g/mol. The molecule has 0 aromatic carbocycles. The summed E-state index contributed by atoms with van der Waals surface area (Å²) in [5, 5.41) is 10.3. The van der Waals surface area contributed by atoms with Gasteiger partial charge in [0.15, 0.2) is 5.96 Å². The lowest BCUT2D eigenvalue weighted by atomic mass is 9.55. The van der Waals surface area contributed by atoms with Gasteiger partial charge in [-0.1, -0.05) is 13.8 Å². The highest BCUT2D eigenvalue weighted by molar-refractivity contribution is 14.0. The van der Waals surface area contributed by atoms with Crippen LogP contribution < -0.4 is 10.6 Å². The molecule has 0 amide bonds. The zero-order valence-electron chi connectivity index (χ0n) is 15.0. The van der Waals surface area contributed by atoms with Crippen molar-refractivity contribution in [3.63, 3.8) is 0 Å². The Balaban J connectivity index is 0.00000208. The Kier molecular flexibility index (Phi) is 6.90. The molecule has 136 valence electrons. The van der Waals surface area contributed by atoms with E-state index in [-0.39, 0.29) is 29.4 Å². The summed E-state index contributed by atoms with van der Waals surface area (Å²) in [6.45, 7) is 8.40. The number of fused-ring (bicyclic) bond motifs is 1. The number of ether oxygens (including phenoxy) is 1.